The van der Waals surface area contributed by atoms with Gasteiger partial charge in [-0.2, -0.15) is 0 Å². The monoisotopic (exact) mass is 288 g/mol. The highest BCUT2D eigenvalue weighted by molar-refractivity contribution is 5.95. The Bertz CT molecular complexity index is 436. The molecule has 4 nitrogen and oxygen atoms in total. The molecule has 1 aliphatic heterocycles. The summed E-state index contributed by atoms with van der Waals surface area (Å²) in [7, 11) is 0. The van der Waals surface area contributed by atoms with Gasteiger partial charge in [-0.1, -0.05) is 12.1 Å². The van der Waals surface area contributed by atoms with Crippen molar-refractivity contribution in [3.05, 3.63) is 30.1 Å². The highest BCUT2D eigenvalue weighted by Gasteiger charge is 2.38. The Labute approximate surface area is 117 Å². The van der Waals surface area contributed by atoms with Gasteiger partial charge in [0.25, 0.3) is 0 Å². The lowest BCUT2D eigenvalue weighted by atomic mass is 9.79. The van der Waals surface area contributed by atoms with E-state index < -0.39 is 11.2 Å². The van der Waals surface area contributed by atoms with Gasteiger partial charge in [-0.25, -0.2) is 4.39 Å². The number of nitrogens with one attached hydrogen (secondary N) is 1. The number of rotatable bonds is 3. The molecule has 0 bridgehead atoms. The molecule has 1 saturated heterocycles. The van der Waals surface area contributed by atoms with Crippen molar-refractivity contribution in [1.29, 1.82) is 0 Å². The first-order valence-corrected chi connectivity index (χ1v) is 6.02. The van der Waals surface area contributed by atoms with Crippen LogP contribution in [-0.4, -0.2) is 25.7 Å². The minimum absolute atomic E-state index is 0. The second kappa shape index (κ2) is 6.84. The average Bonchev–Trinajstić information content (AvgIpc) is 2.42. The Morgan fingerprint density at radius 3 is 2.58 bits per heavy atom. The summed E-state index contributed by atoms with van der Waals surface area (Å²) in [5.41, 5.74) is 5.28. The molecule has 3 N–H and O–H groups in total. The fourth-order valence-corrected chi connectivity index (χ4v) is 2.10. The number of halogens is 2. The van der Waals surface area contributed by atoms with Crippen molar-refractivity contribution in [3.63, 3.8) is 0 Å². The van der Waals surface area contributed by atoms with E-state index in [-0.39, 0.29) is 30.5 Å². The minimum atomic E-state index is -0.638. The van der Waals surface area contributed by atoms with Crippen LogP contribution in [0.1, 0.15) is 12.8 Å². The first kappa shape index (κ1) is 15.9. The summed E-state index contributed by atoms with van der Waals surface area (Å²) >= 11 is 0. The van der Waals surface area contributed by atoms with E-state index in [0.717, 1.165) is 0 Å². The maximum atomic E-state index is 13.5. The number of benzene rings is 1. The fraction of sp³-hybridized carbons (Fsp3) is 0.462. The Kier molecular flexibility index (Phi) is 5.72. The van der Waals surface area contributed by atoms with Gasteiger partial charge in [0, 0.05) is 19.8 Å². The number of hydrogen-bond donors (Lipinski definition) is 2. The van der Waals surface area contributed by atoms with E-state index in [2.05, 4.69) is 5.32 Å². The topological polar surface area (TPSA) is 64.4 Å². The number of anilines is 1. The van der Waals surface area contributed by atoms with E-state index in [1.54, 1.807) is 12.1 Å². The van der Waals surface area contributed by atoms with Crippen LogP contribution in [0.4, 0.5) is 10.1 Å². The maximum Gasteiger partial charge on any atom is 0.232 e. The van der Waals surface area contributed by atoms with E-state index in [1.807, 2.05) is 0 Å². The zero-order chi connectivity index (χ0) is 13.0. The molecule has 19 heavy (non-hydrogen) atoms. The fourth-order valence-electron chi connectivity index (χ4n) is 2.10. The Hall–Kier alpha value is -1.17. The van der Waals surface area contributed by atoms with Gasteiger partial charge in [-0.15, -0.1) is 12.4 Å². The van der Waals surface area contributed by atoms with Crippen LogP contribution in [0, 0.1) is 11.2 Å². The zero-order valence-corrected chi connectivity index (χ0v) is 11.3. The van der Waals surface area contributed by atoms with Crippen LogP contribution >= 0.6 is 12.4 Å². The third-order valence-electron chi connectivity index (χ3n) is 3.44. The van der Waals surface area contributed by atoms with Crippen molar-refractivity contribution in [2.24, 2.45) is 11.1 Å². The van der Waals surface area contributed by atoms with Gasteiger partial charge in [0.2, 0.25) is 5.91 Å². The lowest BCUT2D eigenvalue weighted by Crippen LogP contribution is -2.46. The normalized spacial score (nSPS) is 17.4. The number of hydrogen-bond acceptors (Lipinski definition) is 3. The third kappa shape index (κ3) is 3.43. The summed E-state index contributed by atoms with van der Waals surface area (Å²) in [4.78, 5) is 12.3. The molecule has 1 heterocycles. The van der Waals surface area contributed by atoms with Crippen molar-refractivity contribution >= 4 is 24.0 Å². The average molecular weight is 289 g/mol. The van der Waals surface area contributed by atoms with Crippen LogP contribution in [0.15, 0.2) is 24.3 Å². The molecule has 0 saturated carbocycles. The zero-order valence-electron chi connectivity index (χ0n) is 10.5. The largest absolute Gasteiger partial charge is 0.381 e. The lowest BCUT2D eigenvalue weighted by molar-refractivity contribution is -0.130. The van der Waals surface area contributed by atoms with E-state index >= 15 is 0 Å². The lowest BCUT2D eigenvalue weighted by Gasteiger charge is -2.34. The second-order valence-corrected chi connectivity index (χ2v) is 4.53. The first-order valence-electron chi connectivity index (χ1n) is 6.02. The second-order valence-electron chi connectivity index (χ2n) is 4.53. The van der Waals surface area contributed by atoms with Crippen molar-refractivity contribution in [2.45, 2.75) is 12.8 Å². The summed E-state index contributed by atoms with van der Waals surface area (Å²) in [6, 6.07) is 6.11. The van der Waals surface area contributed by atoms with Gasteiger partial charge in [-0.3, -0.25) is 4.79 Å². The number of ether oxygens (including phenoxy) is 1. The molecule has 1 aliphatic rings. The van der Waals surface area contributed by atoms with Gasteiger partial charge in [-0.05, 0) is 25.0 Å². The number of nitrogens with two attached hydrogens (primary N) is 1. The Balaban J connectivity index is 0.00000180. The van der Waals surface area contributed by atoms with Crippen LogP contribution in [0.2, 0.25) is 0 Å². The van der Waals surface area contributed by atoms with Crippen LogP contribution < -0.4 is 11.1 Å². The number of carbonyl (C=O) groups is 1. The van der Waals surface area contributed by atoms with Crippen molar-refractivity contribution in [1.82, 2.24) is 0 Å². The van der Waals surface area contributed by atoms with Crippen molar-refractivity contribution in [3.8, 4) is 0 Å². The molecule has 0 unspecified atom stereocenters. The van der Waals surface area contributed by atoms with E-state index in [0.29, 0.717) is 26.1 Å². The number of amides is 1. The quantitative estimate of drug-likeness (QED) is 0.893. The number of para-hydroxylation sites is 1. The summed E-state index contributed by atoms with van der Waals surface area (Å²) in [6.45, 7) is 1.28. The summed E-state index contributed by atoms with van der Waals surface area (Å²) in [6.07, 6.45) is 1.15. The highest BCUT2D eigenvalue weighted by Crippen LogP contribution is 2.31. The molecule has 1 fully saturated rings. The predicted molar refractivity (Wildman–Crippen MR) is 73.8 cm³/mol. The van der Waals surface area contributed by atoms with Gasteiger partial charge < -0.3 is 15.8 Å². The van der Waals surface area contributed by atoms with Crippen LogP contribution in [0.3, 0.4) is 0 Å². The van der Waals surface area contributed by atoms with E-state index in [4.69, 9.17) is 10.5 Å². The van der Waals surface area contributed by atoms with Gasteiger partial charge >= 0.3 is 0 Å². The Morgan fingerprint density at radius 1 is 1.37 bits per heavy atom. The van der Waals surface area contributed by atoms with E-state index in [1.165, 1.54) is 12.1 Å². The predicted octanol–water partition coefficient (Wildman–Crippen LogP) is 1.94. The third-order valence-corrected chi connectivity index (χ3v) is 3.44. The van der Waals surface area contributed by atoms with Gasteiger partial charge in [0.05, 0.1) is 11.1 Å². The van der Waals surface area contributed by atoms with Gasteiger partial charge in [0.1, 0.15) is 5.82 Å². The van der Waals surface area contributed by atoms with Crippen LogP contribution in [0.5, 0.6) is 0 Å². The van der Waals surface area contributed by atoms with Crippen LogP contribution in [-0.2, 0) is 9.53 Å². The highest BCUT2D eigenvalue weighted by atomic mass is 35.5. The summed E-state index contributed by atoms with van der Waals surface area (Å²) in [5.74, 6) is -0.663. The molecule has 6 heteroatoms. The SMILES string of the molecule is Cl.NCC1(C(=O)Nc2ccccc2F)CCOCC1. The molecule has 0 atom stereocenters. The molecule has 0 aromatic heterocycles. The number of carbonyl (C=O) groups excluding carboxylic acids is 1. The standard InChI is InChI=1S/C13H17FN2O2.ClH/c14-10-3-1-2-4-11(10)16-12(17)13(9-15)5-7-18-8-6-13;/h1-4H,5-9,15H2,(H,16,17);1H. The summed E-state index contributed by atoms with van der Waals surface area (Å²) in [5, 5.41) is 2.62. The molecule has 1 aromatic carbocycles. The molecule has 0 aliphatic carbocycles. The first-order chi connectivity index (χ1) is 8.68. The minimum Gasteiger partial charge on any atom is -0.381 e. The Morgan fingerprint density at radius 2 is 2.00 bits per heavy atom. The molecule has 0 radical (unpaired) electrons. The molecular weight excluding hydrogens is 271 g/mol. The molecule has 0 spiro atoms. The molecule has 1 aromatic rings. The molecule has 106 valence electrons. The molecule has 1 amide bonds. The van der Waals surface area contributed by atoms with Crippen molar-refractivity contribution < 1.29 is 13.9 Å². The van der Waals surface area contributed by atoms with E-state index in [9.17, 15) is 9.18 Å². The van der Waals surface area contributed by atoms with Crippen molar-refractivity contribution in [2.75, 3.05) is 25.1 Å². The van der Waals surface area contributed by atoms with Crippen LogP contribution in [0.25, 0.3) is 0 Å². The molecule has 2 rings (SSSR count). The molecular formula is C13H18ClFN2O2. The van der Waals surface area contributed by atoms with Gasteiger partial charge in [0.15, 0.2) is 0 Å². The smallest absolute Gasteiger partial charge is 0.232 e. The summed E-state index contributed by atoms with van der Waals surface area (Å²) < 4.78 is 18.7. The maximum absolute atomic E-state index is 13.5.